The summed E-state index contributed by atoms with van der Waals surface area (Å²) >= 11 is 0. The molecule has 0 aliphatic carbocycles. The van der Waals surface area contributed by atoms with Crippen LogP contribution in [0.4, 0.5) is 0 Å². The molecule has 0 aromatic heterocycles. The SMILES string of the molecule is CCCCC/C=C\C/C=C\C/C=C\C/C=C\CCCC(=O)NC(COP(=O)(O)OCC[N+](C)(C)C)C(/C=C\CCCCCCCCCCCCC)OC(=O)CCCCCCCCCCCCCCCCCCC/C=C\C/C=C\CCCCC. The molecule has 0 heterocycles. The average Bonchev–Trinajstić information content (AvgIpc) is 3.46. The van der Waals surface area contributed by atoms with Crippen molar-refractivity contribution in [2.24, 2.45) is 0 Å². The van der Waals surface area contributed by atoms with E-state index in [-0.39, 0.29) is 37.9 Å². The highest BCUT2D eigenvalue weighted by molar-refractivity contribution is 7.47. The summed E-state index contributed by atoms with van der Waals surface area (Å²) in [6.07, 6.45) is 83.2. The summed E-state index contributed by atoms with van der Waals surface area (Å²) in [5, 5.41) is 3.03. The lowest BCUT2D eigenvalue weighted by Crippen LogP contribution is -2.47. The van der Waals surface area contributed by atoms with Crippen molar-refractivity contribution in [1.82, 2.24) is 5.32 Å². The molecule has 0 bridgehead atoms. The van der Waals surface area contributed by atoms with Gasteiger partial charge in [0, 0.05) is 12.8 Å². The summed E-state index contributed by atoms with van der Waals surface area (Å²) in [4.78, 5) is 37.8. The van der Waals surface area contributed by atoms with Gasteiger partial charge in [0.2, 0.25) is 5.91 Å². The van der Waals surface area contributed by atoms with Crippen molar-refractivity contribution in [2.75, 3.05) is 40.9 Å². The molecule has 0 rings (SSSR count). The maximum atomic E-state index is 13.6. The molecule has 10 heteroatoms. The first-order valence-corrected chi connectivity index (χ1v) is 36.4. The molecule has 0 aliphatic rings. The van der Waals surface area contributed by atoms with Crippen LogP contribution in [0.5, 0.6) is 0 Å². The monoisotopic (exact) mass is 1180 g/mol. The average molecular weight is 1180 g/mol. The van der Waals surface area contributed by atoms with Crippen LogP contribution in [-0.4, -0.2) is 74.3 Å². The van der Waals surface area contributed by atoms with E-state index in [1.54, 1.807) is 0 Å². The minimum Gasteiger partial charge on any atom is -0.456 e. The third kappa shape index (κ3) is 63.5. The summed E-state index contributed by atoms with van der Waals surface area (Å²) in [5.41, 5.74) is 0. The normalized spacial score (nSPS) is 14.1. The van der Waals surface area contributed by atoms with Crippen molar-refractivity contribution < 1.29 is 37.3 Å². The number of likely N-dealkylation sites (N-methyl/N-ethyl adjacent to an activating group) is 1. The van der Waals surface area contributed by atoms with E-state index in [1.807, 2.05) is 33.3 Å². The van der Waals surface area contributed by atoms with Crippen LogP contribution in [0.1, 0.15) is 316 Å². The molecule has 0 saturated heterocycles. The highest BCUT2D eigenvalue weighted by atomic mass is 31.2. The number of amides is 1. The molecule has 3 unspecified atom stereocenters. The Bertz CT molecular complexity index is 1700. The van der Waals surface area contributed by atoms with Crippen LogP contribution in [0.3, 0.4) is 0 Å². The van der Waals surface area contributed by atoms with Crippen LogP contribution in [0, 0.1) is 0 Å². The van der Waals surface area contributed by atoms with Crippen molar-refractivity contribution in [2.45, 2.75) is 328 Å². The molecule has 3 atom stereocenters. The van der Waals surface area contributed by atoms with Gasteiger partial charge in [-0.25, -0.2) is 4.57 Å². The second-order valence-corrected chi connectivity index (χ2v) is 26.1. The number of carbonyl (C=O) groups is 2. The van der Waals surface area contributed by atoms with Crippen LogP contribution in [0.25, 0.3) is 0 Å². The van der Waals surface area contributed by atoms with E-state index in [1.165, 1.54) is 205 Å². The van der Waals surface area contributed by atoms with Gasteiger partial charge >= 0.3 is 13.8 Å². The second-order valence-electron chi connectivity index (χ2n) is 24.7. The number of unbranched alkanes of at least 4 members (excludes halogenated alkanes) is 35. The number of nitrogens with zero attached hydrogens (tertiary/aromatic N) is 1. The molecular formula is C73H134N2O7P+. The quantitative estimate of drug-likeness (QED) is 0.0205. The Morgan fingerprint density at radius 3 is 1.14 bits per heavy atom. The number of rotatable bonds is 63. The molecule has 9 nitrogen and oxygen atoms in total. The zero-order valence-electron chi connectivity index (χ0n) is 55.2. The Balaban J connectivity index is 5.11. The maximum absolute atomic E-state index is 13.6. The third-order valence-electron chi connectivity index (χ3n) is 15.3. The Labute approximate surface area is 514 Å². The van der Waals surface area contributed by atoms with Crippen molar-refractivity contribution >= 4 is 19.7 Å². The lowest BCUT2D eigenvalue weighted by molar-refractivity contribution is -0.870. The zero-order valence-corrected chi connectivity index (χ0v) is 56.1. The van der Waals surface area contributed by atoms with Gasteiger partial charge in [-0.2, -0.15) is 0 Å². The topological polar surface area (TPSA) is 111 Å². The van der Waals surface area contributed by atoms with E-state index in [0.717, 1.165) is 70.6 Å². The second kappa shape index (κ2) is 62.2. The number of carbonyl (C=O) groups excluding carboxylic acids is 2. The largest absolute Gasteiger partial charge is 0.472 e. The van der Waals surface area contributed by atoms with Gasteiger partial charge in [0.15, 0.2) is 0 Å². The molecule has 482 valence electrons. The standard InChI is InChI=1S/C73H133N2O7P/c1-7-10-13-16-19-22-25-28-30-32-33-34-35-36-37-38-39-40-41-43-45-48-51-54-57-60-63-66-73(77)82-71(64-61-58-55-52-49-46-27-24-21-18-15-12-9-3)70(69-81-83(78,79)80-68-67-75(4,5)6)74-72(76)65-62-59-56-53-50-47-44-42-31-29-26-23-20-17-14-11-8-2/h19-20,22-23,28-31,44,47,53,56,61,64,70-71H,7-18,21,24-27,32-43,45-46,48-52,54-55,57-60,62-63,65-69H2,1-6H3,(H-,74,76,78,79)/p+1/b22-19-,23-20-,30-28-,31-29-,47-44-,56-53-,64-61-. The smallest absolute Gasteiger partial charge is 0.456 e. The molecule has 0 aromatic rings. The maximum Gasteiger partial charge on any atom is 0.472 e. The fourth-order valence-corrected chi connectivity index (χ4v) is 10.6. The first-order chi connectivity index (χ1) is 40.4. The Morgan fingerprint density at radius 2 is 0.747 bits per heavy atom. The number of ether oxygens (including phenoxy) is 1. The number of phosphoric ester groups is 1. The van der Waals surface area contributed by atoms with E-state index in [0.29, 0.717) is 17.4 Å². The molecule has 0 fully saturated rings. The lowest BCUT2D eigenvalue weighted by atomic mass is 10.0. The van der Waals surface area contributed by atoms with Gasteiger partial charge in [-0.3, -0.25) is 18.6 Å². The zero-order chi connectivity index (χ0) is 60.7. The summed E-state index contributed by atoms with van der Waals surface area (Å²) < 4.78 is 30.8. The fraction of sp³-hybridized carbons (Fsp3) is 0.781. The third-order valence-corrected chi connectivity index (χ3v) is 16.3. The van der Waals surface area contributed by atoms with Gasteiger partial charge in [0.25, 0.3) is 0 Å². The van der Waals surface area contributed by atoms with Gasteiger partial charge in [-0.05, 0) is 102 Å². The summed E-state index contributed by atoms with van der Waals surface area (Å²) in [5.74, 6) is -0.563. The number of hydrogen-bond acceptors (Lipinski definition) is 6. The molecule has 0 radical (unpaired) electrons. The molecular weight excluding hydrogens is 1050 g/mol. The predicted molar refractivity (Wildman–Crippen MR) is 360 cm³/mol. The molecule has 0 saturated carbocycles. The van der Waals surface area contributed by atoms with Gasteiger partial charge in [-0.15, -0.1) is 0 Å². The molecule has 1 amide bonds. The van der Waals surface area contributed by atoms with E-state index >= 15 is 0 Å². The van der Waals surface area contributed by atoms with Gasteiger partial charge in [-0.1, -0.05) is 286 Å². The van der Waals surface area contributed by atoms with Crippen LogP contribution >= 0.6 is 7.82 Å². The Hall–Kier alpha value is -2.81. The first-order valence-electron chi connectivity index (χ1n) is 34.9. The highest BCUT2D eigenvalue weighted by Gasteiger charge is 2.30. The predicted octanol–water partition coefficient (Wildman–Crippen LogP) is 22.1. The molecule has 0 spiro atoms. The van der Waals surface area contributed by atoms with Crippen molar-refractivity contribution in [3.8, 4) is 0 Å². The molecule has 83 heavy (non-hydrogen) atoms. The Morgan fingerprint density at radius 1 is 0.422 bits per heavy atom. The van der Waals surface area contributed by atoms with Gasteiger partial charge < -0.3 is 19.4 Å². The van der Waals surface area contributed by atoms with E-state index in [4.69, 9.17) is 13.8 Å². The number of allylic oxidation sites excluding steroid dienone is 13. The van der Waals surface area contributed by atoms with Crippen LogP contribution in [-0.2, 0) is 27.9 Å². The number of hydrogen-bond donors (Lipinski definition) is 2. The molecule has 0 aliphatic heterocycles. The van der Waals surface area contributed by atoms with Crippen molar-refractivity contribution in [3.63, 3.8) is 0 Å². The van der Waals surface area contributed by atoms with Crippen LogP contribution < -0.4 is 5.32 Å². The van der Waals surface area contributed by atoms with Gasteiger partial charge in [0.1, 0.15) is 19.3 Å². The van der Waals surface area contributed by atoms with Crippen LogP contribution in [0.2, 0.25) is 0 Å². The fourth-order valence-electron chi connectivity index (χ4n) is 9.91. The van der Waals surface area contributed by atoms with Crippen LogP contribution in [0.15, 0.2) is 85.1 Å². The number of phosphoric acid groups is 1. The van der Waals surface area contributed by atoms with E-state index < -0.39 is 20.0 Å². The lowest BCUT2D eigenvalue weighted by Gasteiger charge is -2.27. The highest BCUT2D eigenvalue weighted by Crippen LogP contribution is 2.43. The van der Waals surface area contributed by atoms with Gasteiger partial charge in [0.05, 0.1) is 33.8 Å². The molecule has 0 aromatic carbocycles. The summed E-state index contributed by atoms with van der Waals surface area (Å²) in [7, 11) is 1.46. The number of esters is 1. The number of nitrogens with one attached hydrogen (secondary N) is 1. The van der Waals surface area contributed by atoms with Crippen molar-refractivity contribution in [1.29, 1.82) is 0 Å². The minimum atomic E-state index is -4.47. The molecule has 2 N–H and O–H groups in total. The number of quaternary nitrogens is 1. The Kier molecular flexibility index (Phi) is 60.1. The first kappa shape index (κ1) is 80.2. The van der Waals surface area contributed by atoms with Crippen molar-refractivity contribution in [3.05, 3.63) is 85.1 Å². The summed E-state index contributed by atoms with van der Waals surface area (Å²) in [6.45, 7) is 6.94. The minimum absolute atomic E-state index is 0.0284. The van der Waals surface area contributed by atoms with E-state index in [2.05, 4.69) is 99.0 Å². The summed E-state index contributed by atoms with van der Waals surface area (Å²) in [6, 6.07) is -0.880. The van der Waals surface area contributed by atoms with E-state index in [9.17, 15) is 19.0 Å².